The quantitative estimate of drug-likeness (QED) is 0.165. The van der Waals surface area contributed by atoms with Crippen LogP contribution in [0.1, 0.15) is 97.0 Å². The Labute approximate surface area is 309 Å². The van der Waals surface area contributed by atoms with E-state index in [1.807, 2.05) is 47.6 Å². The summed E-state index contributed by atoms with van der Waals surface area (Å²) in [6.07, 6.45) is 4.37. The number of alkyl carbamates (subject to hydrolysis) is 1. The van der Waals surface area contributed by atoms with E-state index in [9.17, 15) is 9.59 Å². The lowest BCUT2D eigenvalue weighted by atomic mass is 9.76. The second-order valence-electron chi connectivity index (χ2n) is 16.5. The Bertz CT molecular complexity index is 2180. The Morgan fingerprint density at radius 2 is 1.53 bits per heavy atom. The fraction of sp³-hybridized carbons (Fsp3) is 0.429. The number of aromatic amines is 2. The van der Waals surface area contributed by atoms with Gasteiger partial charge in [-0.25, -0.2) is 19.6 Å². The van der Waals surface area contributed by atoms with Crippen molar-refractivity contribution in [2.75, 3.05) is 13.2 Å². The number of amides is 2. The lowest BCUT2D eigenvalue weighted by Crippen LogP contribution is -2.52. The first-order valence-electron chi connectivity index (χ1n) is 18.7. The van der Waals surface area contributed by atoms with Gasteiger partial charge in [-0.3, -0.25) is 4.90 Å². The number of rotatable bonds is 5. The van der Waals surface area contributed by atoms with Crippen LogP contribution in [0.2, 0.25) is 0 Å². The van der Waals surface area contributed by atoms with Crippen molar-refractivity contribution in [3.05, 3.63) is 78.0 Å². The molecule has 5 aromatic rings. The van der Waals surface area contributed by atoms with Crippen LogP contribution in [0.25, 0.3) is 44.5 Å². The highest BCUT2D eigenvalue weighted by Crippen LogP contribution is 2.42. The van der Waals surface area contributed by atoms with Crippen LogP contribution in [0.5, 0.6) is 5.75 Å². The van der Waals surface area contributed by atoms with E-state index in [1.54, 1.807) is 4.90 Å². The molecule has 11 heteroatoms. The highest BCUT2D eigenvalue weighted by Gasteiger charge is 2.44. The molecule has 0 bridgehead atoms. The molecule has 0 radical (unpaired) electrons. The molecule has 11 nitrogen and oxygen atoms in total. The second kappa shape index (κ2) is 13.0. The van der Waals surface area contributed by atoms with Crippen LogP contribution < -0.4 is 10.1 Å². The summed E-state index contributed by atoms with van der Waals surface area (Å²) in [7, 11) is 0. The first-order valence-corrected chi connectivity index (χ1v) is 18.7. The summed E-state index contributed by atoms with van der Waals surface area (Å²) in [6, 6.07) is 20.9. The number of carbonyl (C=O) groups is 2. The number of hydrogen-bond donors (Lipinski definition) is 3. The summed E-state index contributed by atoms with van der Waals surface area (Å²) in [4.78, 5) is 44.5. The van der Waals surface area contributed by atoms with E-state index in [2.05, 4.69) is 69.9 Å². The first kappa shape index (κ1) is 34.7. The van der Waals surface area contributed by atoms with Crippen LogP contribution in [-0.4, -0.2) is 61.4 Å². The van der Waals surface area contributed by atoms with Crippen LogP contribution in [0.15, 0.2) is 60.7 Å². The summed E-state index contributed by atoms with van der Waals surface area (Å²) in [5.41, 5.74) is 7.26. The van der Waals surface area contributed by atoms with E-state index < -0.39 is 22.8 Å². The molecule has 4 heterocycles. The molecule has 0 spiro atoms. The lowest BCUT2D eigenvalue weighted by Gasteiger charge is -2.40. The van der Waals surface area contributed by atoms with Crippen LogP contribution in [0.4, 0.5) is 9.59 Å². The van der Waals surface area contributed by atoms with Crippen LogP contribution in [0.3, 0.4) is 0 Å². The van der Waals surface area contributed by atoms with Crippen LogP contribution in [-0.2, 0) is 21.4 Å². The van der Waals surface area contributed by atoms with Crippen molar-refractivity contribution < 1.29 is 23.8 Å². The molecule has 1 aliphatic carbocycles. The van der Waals surface area contributed by atoms with E-state index in [1.165, 1.54) is 0 Å². The minimum Gasteiger partial charge on any atom is -0.492 e. The van der Waals surface area contributed by atoms with Gasteiger partial charge in [0.15, 0.2) is 0 Å². The number of H-pyrrole nitrogens is 2. The molecule has 1 saturated heterocycles. The molecule has 8 rings (SSSR count). The number of benzene rings is 3. The predicted molar refractivity (Wildman–Crippen MR) is 204 cm³/mol. The van der Waals surface area contributed by atoms with Gasteiger partial charge < -0.3 is 29.5 Å². The molecule has 53 heavy (non-hydrogen) atoms. The number of ether oxygens (including phenoxy) is 3. The van der Waals surface area contributed by atoms with Crippen molar-refractivity contribution in [3.63, 3.8) is 0 Å². The summed E-state index contributed by atoms with van der Waals surface area (Å²) in [5.74, 6) is 2.36. The second-order valence-corrected chi connectivity index (χ2v) is 16.5. The van der Waals surface area contributed by atoms with Gasteiger partial charge in [0, 0.05) is 24.2 Å². The van der Waals surface area contributed by atoms with Crippen molar-refractivity contribution in [1.29, 1.82) is 0 Å². The van der Waals surface area contributed by atoms with Crippen molar-refractivity contribution in [3.8, 4) is 39.3 Å². The van der Waals surface area contributed by atoms with Crippen molar-refractivity contribution in [1.82, 2.24) is 30.2 Å². The maximum absolute atomic E-state index is 13.0. The molecular weight excluding hydrogens is 668 g/mol. The topological polar surface area (TPSA) is 134 Å². The zero-order chi connectivity index (χ0) is 37.1. The van der Waals surface area contributed by atoms with E-state index in [4.69, 9.17) is 24.2 Å². The predicted octanol–water partition coefficient (Wildman–Crippen LogP) is 9.20. The number of imidazole rings is 2. The minimum absolute atomic E-state index is 0.143. The van der Waals surface area contributed by atoms with Crippen molar-refractivity contribution in [2.24, 2.45) is 0 Å². The lowest BCUT2D eigenvalue weighted by molar-refractivity contribution is 0.0217. The highest BCUT2D eigenvalue weighted by atomic mass is 16.6. The maximum atomic E-state index is 13.0. The van der Waals surface area contributed by atoms with Gasteiger partial charge in [0.25, 0.3) is 0 Å². The fourth-order valence-corrected chi connectivity index (χ4v) is 7.58. The molecule has 1 unspecified atom stereocenters. The number of nitrogens with one attached hydrogen (secondary N) is 3. The molecule has 3 aliphatic rings. The molecule has 2 aromatic heterocycles. The average molecular weight is 717 g/mol. The molecule has 1 atom stereocenters. The third kappa shape index (κ3) is 6.96. The standard InChI is InChI=1S/C42H48N6O5/c1-40(2,3)52-38(49)47-42(19-8-20-42)37-44-30-17-15-27(23-32(30)45-37)25-10-12-26(13-11-25)28-14-16-29-34(24-28)51-22-18-31-35(29)46-36(43-31)33-9-7-21-48(33)39(50)53-41(4,5)6/h10-17,23-24,33H,7-9,18-22H2,1-6H3,(H,43,46)(H,44,45)(H,47,49). The Morgan fingerprint density at radius 1 is 0.849 bits per heavy atom. The normalized spacial score (nSPS) is 18.0. The highest BCUT2D eigenvalue weighted by molar-refractivity contribution is 5.83. The van der Waals surface area contributed by atoms with Gasteiger partial charge in [0.1, 0.15) is 34.1 Å². The van der Waals surface area contributed by atoms with Gasteiger partial charge in [-0.2, -0.15) is 0 Å². The van der Waals surface area contributed by atoms with Gasteiger partial charge in [-0.1, -0.05) is 36.4 Å². The van der Waals surface area contributed by atoms with E-state index in [-0.39, 0.29) is 12.1 Å². The van der Waals surface area contributed by atoms with Gasteiger partial charge in [0.2, 0.25) is 0 Å². The van der Waals surface area contributed by atoms with E-state index in [0.717, 1.165) is 99.7 Å². The Hall–Kier alpha value is -5.32. The van der Waals surface area contributed by atoms with Crippen molar-refractivity contribution in [2.45, 2.75) is 103 Å². The number of fused-ring (bicyclic) bond motifs is 4. The third-order valence-electron chi connectivity index (χ3n) is 10.3. The maximum Gasteiger partial charge on any atom is 0.410 e. The molecular formula is C42H48N6O5. The van der Waals surface area contributed by atoms with Gasteiger partial charge in [-0.15, -0.1) is 0 Å². The Kier molecular flexibility index (Phi) is 8.50. The summed E-state index contributed by atoms with van der Waals surface area (Å²) in [5, 5.41) is 3.10. The number of carbonyl (C=O) groups excluding carboxylic acids is 2. The fourth-order valence-electron chi connectivity index (χ4n) is 7.58. The zero-order valence-corrected chi connectivity index (χ0v) is 31.4. The molecule has 2 amide bonds. The zero-order valence-electron chi connectivity index (χ0n) is 31.4. The molecule has 2 fully saturated rings. The summed E-state index contributed by atoms with van der Waals surface area (Å²) in [6.45, 7) is 12.4. The van der Waals surface area contributed by atoms with Gasteiger partial charge in [0.05, 0.1) is 29.4 Å². The number of aromatic nitrogens is 4. The molecule has 3 N–H and O–H groups in total. The number of nitrogens with zero attached hydrogens (tertiary/aromatic N) is 3. The number of hydrogen-bond acceptors (Lipinski definition) is 7. The SMILES string of the molecule is CC(C)(C)OC(=O)NC1(c2nc3ccc(-c4ccc(-c5ccc6c(c5)OCCc5[nH]c(C7CCCN7C(=O)OC(C)(C)C)nc5-6)cc4)cc3[nH]2)CCC1. The van der Waals surface area contributed by atoms with Crippen LogP contribution in [0, 0.1) is 0 Å². The monoisotopic (exact) mass is 716 g/mol. The summed E-state index contributed by atoms with van der Waals surface area (Å²) < 4.78 is 17.5. The minimum atomic E-state index is -0.570. The average Bonchev–Trinajstić information content (AvgIpc) is 3.81. The number of likely N-dealkylation sites (tertiary alicyclic amines) is 1. The van der Waals surface area contributed by atoms with Crippen molar-refractivity contribution >= 4 is 23.2 Å². The largest absolute Gasteiger partial charge is 0.492 e. The Balaban J connectivity index is 1.00. The molecule has 3 aromatic carbocycles. The van der Waals surface area contributed by atoms with E-state index >= 15 is 0 Å². The van der Waals surface area contributed by atoms with E-state index in [0.29, 0.717) is 19.6 Å². The molecule has 1 saturated carbocycles. The molecule has 276 valence electrons. The van der Waals surface area contributed by atoms with Gasteiger partial charge >= 0.3 is 12.2 Å². The Morgan fingerprint density at radius 3 is 2.21 bits per heavy atom. The van der Waals surface area contributed by atoms with Gasteiger partial charge in [-0.05, 0) is 120 Å². The smallest absolute Gasteiger partial charge is 0.410 e. The third-order valence-corrected chi connectivity index (χ3v) is 10.3. The first-order chi connectivity index (χ1) is 25.2. The molecule has 2 aliphatic heterocycles. The summed E-state index contributed by atoms with van der Waals surface area (Å²) >= 11 is 0. The van der Waals surface area contributed by atoms with Crippen LogP contribution >= 0.6 is 0 Å².